The molecule has 0 bridgehead atoms. The number of thiazole rings is 1. The van der Waals surface area contributed by atoms with Crippen molar-refractivity contribution in [2.45, 2.75) is 33.4 Å². The standard InChI is InChI=1S/C16H18N2O3S/c1-10-9-22-15(18-10)8-17-16(20)12(3)21-14-6-4-13(5-7-14)11(2)19/h4-7,9,12H,8H2,1-3H3,(H,17,20)/t12-/m1/s1. The second-order valence-corrected chi connectivity index (χ2v) is 5.88. The van der Waals surface area contributed by atoms with E-state index in [4.69, 9.17) is 4.74 Å². The van der Waals surface area contributed by atoms with Crippen LogP contribution in [0.3, 0.4) is 0 Å². The maximum Gasteiger partial charge on any atom is 0.261 e. The fourth-order valence-corrected chi connectivity index (χ4v) is 2.53. The highest BCUT2D eigenvalue weighted by atomic mass is 32.1. The summed E-state index contributed by atoms with van der Waals surface area (Å²) in [5.41, 5.74) is 1.56. The minimum Gasteiger partial charge on any atom is -0.481 e. The van der Waals surface area contributed by atoms with Crippen LogP contribution < -0.4 is 10.1 Å². The van der Waals surface area contributed by atoms with Gasteiger partial charge in [0, 0.05) is 16.6 Å². The van der Waals surface area contributed by atoms with E-state index < -0.39 is 6.10 Å². The molecule has 0 fully saturated rings. The van der Waals surface area contributed by atoms with Crippen molar-refractivity contribution >= 4 is 23.0 Å². The first-order valence-corrected chi connectivity index (χ1v) is 7.80. The molecule has 116 valence electrons. The fourth-order valence-electron chi connectivity index (χ4n) is 1.82. The molecule has 0 aliphatic rings. The topological polar surface area (TPSA) is 68.3 Å². The number of nitrogens with one attached hydrogen (secondary N) is 1. The Morgan fingerprint density at radius 3 is 2.55 bits per heavy atom. The third-order valence-electron chi connectivity index (χ3n) is 3.02. The van der Waals surface area contributed by atoms with Crippen LogP contribution in [0.4, 0.5) is 0 Å². The maximum atomic E-state index is 12.0. The normalized spacial score (nSPS) is 11.8. The number of carbonyl (C=O) groups excluding carboxylic acids is 2. The van der Waals surface area contributed by atoms with Gasteiger partial charge >= 0.3 is 0 Å². The Labute approximate surface area is 133 Å². The van der Waals surface area contributed by atoms with Crippen molar-refractivity contribution < 1.29 is 14.3 Å². The molecule has 1 heterocycles. The first-order valence-electron chi connectivity index (χ1n) is 6.92. The molecular weight excluding hydrogens is 300 g/mol. The van der Waals surface area contributed by atoms with E-state index >= 15 is 0 Å². The monoisotopic (exact) mass is 318 g/mol. The summed E-state index contributed by atoms with van der Waals surface area (Å²) in [6, 6.07) is 6.73. The number of aryl methyl sites for hydroxylation is 1. The molecule has 1 atom stereocenters. The number of nitrogens with zero attached hydrogens (tertiary/aromatic N) is 1. The molecule has 0 spiro atoms. The molecule has 1 aromatic carbocycles. The van der Waals surface area contributed by atoms with Crippen molar-refractivity contribution in [2.24, 2.45) is 0 Å². The van der Waals surface area contributed by atoms with Gasteiger partial charge in [-0.15, -0.1) is 11.3 Å². The number of benzene rings is 1. The number of amides is 1. The molecule has 0 aliphatic carbocycles. The number of aromatic nitrogens is 1. The van der Waals surface area contributed by atoms with Crippen molar-refractivity contribution in [3.63, 3.8) is 0 Å². The van der Waals surface area contributed by atoms with Gasteiger partial charge in [0.05, 0.1) is 6.54 Å². The number of ketones is 1. The lowest BCUT2D eigenvalue weighted by Crippen LogP contribution is -2.35. The zero-order valence-electron chi connectivity index (χ0n) is 12.8. The van der Waals surface area contributed by atoms with Crippen LogP contribution in [-0.2, 0) is 11.3 Å². The smallest absolute Gasteiger partial charge is 0.261 e. The van der Waals surface area contributed by atoms with Gasteiger partial charge in [0.25, 0.3) is 5.91 Å². The average Bonchev–Trinajstić information content (AvgIpc) is 2.91. The number of hydrogen-bond acceptors (Lipinski definition) is 5. The van der Waals surface area contributed by atoms with E-state index in [2.05, 4.69) is 10.3 Å². The van der Waals surface area contributed by atoms with Crippen LogP contribution in [0.15, 0.2) is 29.6 Å². The van der Waals surface area contributed by atoms with Gasteiger partial charge in [-0.05, 0) is 45.0 Å². The van der Waals surface area contributed by atoms with Gasteiger partial charge < -0.3 is 10.1 Å². The Morgan fingerprint density at radius 1 is 1.32 bits per heavy atom. The van der Waals surface area contributed by atoms with E-state index in [0.717, 1.165) is 10.7 Å². The summed E-state index contributed by atoms with van der Waals surface area (Å²) in [6.07, 6.45) is -0.621. The highest BCUT2D eigenvalue weighted by Crippen LogP contribution is 2.14. The molecule has 2 aromatic rings. The lowest BCUT2D eigenvalue weighted by atomic mass is 10.1. The average molecular weight is 318 g/mol. The Balaban J connectivity index is 1.86. The largest absolute Gasteiger partial charge is 0.481 e. The molecule has 0 saturated carbocycles. The van der Waals surface area contributed by atoms with E-state index in [0.29, 0.717) is 17.9 Å². The zero-order valence-corrected chi connectivity index (χ0v) is 13.6. The molecule has 1 aromatic heterocycles. The van der Waals surface area contributed by atoms with Crippen molar-refractivity contribution in [1.29, 1.82) is 0 Å². The van der Waals surface area contributed by atoms with Gasteiger partial charge in [-0.3, -0.25) is 9.59 Å². The highest BCUT2D eigenvalue weighted by Gasteiger charge is 2.15. The number of rotatable bonds is 6. The summed E-state index contributed by atoms with van der Waals surface area (Å²) >= 11 is 1.51. The number of hydrogen-bond donors (Lipinski definition) is 1. The molecule has 6 heteroatoms. The molecule has 0 saturated heterocycles. The second kappa shape index (κ2) is 7.17. The number of carbonyl (C=O) groups is 2. The van der Waals surface area contributed by atoms with Gasteiger partial charge in [-0.2, -0.15) is 0 Å². The van der Waals surface area contributed by atoms with Gasteiger partial charge in [0.2, 0.25) is 0 Å². The second-order valence-electron chi connectivity index (χ2n) is 4.94. The van der Waals surface area contributed by atoms with Gasteiger partial charge in [0.1, 0.15) is 10.8 Å². The van der Waals surface area contributed by atoms with Crippen molar-refractivity contribution in [3.8, 4) is 5.75 Å². The Kier molecular flexibility index (Phi) is 5.27. The van der Waals surface area contributed by atoms with E-state index in [9.17, 15) is 9.59 Å². The van der Waals surface area contributed by atoms with Crippen LogP contribution in [0.1, 0.15) is 34.9 Å². The number of Topliss-reactive ketones (excluding diaryl/α,β-unsaturated/α-hetero) is 1. The minimum absolute atomic E-state index is 0.00363. The SMILES string of the molecule is CC(=O)c1ccc(O[C@H](C)C(=O)NCc2nc(C)cs2)cc1. The van der Waals surface area contributed by atoms with E-state index in [1.807, 2.05) is 12.3 Å². The Bertz CT molecular complexity index is 664. The molecule has 0 unspecified atom stereocenters. The van der Waals surface area contributed by atoms with Crippen LogP contribution in [0.2, 0.25) is 0 Å². The summed E-state index contributed by atoms with van der Waals surface area (Å²) in [5.74, 6) is 0.345. The quantitative estimate of drug-likeness (QED) is 0.832. The predicted molar refractivity (Wildman–Crippen MR) is 85.2 cm³/mol. The Hall–Kier alpha value is -2.21. The third-order valence-corrected chi connectivity index (χ3v) is 3.99. The molecule has 0 radical (unpaired) electrons. The van der Waals surface area contributed by atoms with Crippen molar-refractivity contribution in [3.05, 3.63) is 45.9 Å². The molecule has 1 amide bonds. The van der Waals surface area contributed by atoms with E-state index in [1.54, 1.807) is 31.2 Å². The summed E-state index contributed by atoms with van der Waals surface area (Å²) in [4.78, 5) is 27.5. The summed E-state index contributed by atoms with van der Waals surface area (Å²) < 4.78 is 5.56. The zero-order chi connectivity index (χ0) is 16.1. The first-order chi connectivity index (χ1) is 10.5. The molecular formula is C16H18N2O3S. The van der Waals surface area contributed by atoms with Crippen LogP contribution in [0.25, 0.3) is 0 Å². The van der Waals surface area contributed by atoms with Crippen molar-refractivity contribution in [1.82, 2.24) is 10.3 Å². The van der Waals surface area contributed by atoms with E-state index in [-0.39, 0.29) is 11.7 Å². The summed E-state index contributed by atoms with van der Waals surface area (Å²) in [7, 11) is 0. The number of ether oxygens (including phenoxy) is 1. The van der Waals surface area contributed by atoms with Gasteiger partial charge in [-0.1, -0.05) is 0 Å². The molecule has 0 aliphatic heterocycles. The van der Waals surface area contributed by atoms with Crippen LogP contribution in [0, 0.1) is 6.92 Å². The van der Waals surface area contributed by atoms with E-state index in [1.165, 1.54) is 18.3 Å². The van der Waals surface area contributed by atoms with Gasteiger partial charge in [-0.25, -0.2) is 4.98 Å². The summed E-state index contributed by atoms with van der Waals surface area (Å²) in [5, 5.41) is 5.60. The molecule has 22 heavy (non-hydrogen) atoms. The Morgan fingerprint density at radius 2 is 2.00 bits per heavy atom. The fraction of sp³-hybridized carbons (Fsp3) is 0.312. The highest BCUT2D eigenvalue weighted by molar-refractivity contribution is 7.09. The van der Waals surface area contributed by atoms with Crippen LogP contribution >= 0.6 is 11.3 Å². The molecule has 2 rings (SSSR count). The first kappa shape index (κ1) is 16.2. The lowest BCUT2D eigenvalue weighted by Gasteiger charge is -2.14. The molecule has 1 N–H and O–H groups in total. The van der Waals surface area contributed by atoms with Gasteiger partial charge in [0.15, 0.2) is 11.9 Å². The minimum atomic E-state index is -0.621. The van der Waals surface area contributed by atoms with Crippen LogP contribution in [0.5, 0.6) is 5.75 Å². The summed E-state index contributed by atoms with van der Waals surface area (Å²) in [6.45, 7) is 5.50. The predicted octanol–water partition coefficient (Wildman–Crippen LogP) is 2.74. The third kappa shape index (κ3) is 4.39. The maximum absolute atomic E-state index is 12.0. The molecule has 5 nitrogen and oxygen atoms in total. The lowest BCUT2D eigenvalue weighted by molar-refractivity contribution is -0.127. The van der Waals surface area contributed by atoms with Crippen molar-refractivity contribution in [2.75, 3.05) is 0 Å². The van der Waals surface area contributed by atoms with Crippen LogP contribution in [-0.4, -0.2) is 22.8 Å².